The van der Waals surface area contributed by atoms with Crippen LogP contribution in [0.3, 0.4) is 0 Å². The van der Waals surface area contributed by atoms with Crippen molar-refractivity contribution in [3.8, 4) is 34.0 Å². The minimum atomic E-state index is -0.0544. The number of nitrogens with zero attached hydrogens (tertiary/aromatic N) is 6. The molecule has 0 fully saturated rings. The van der Waals surface area contributed by atoms with Crippen LogP contribution in [-0.4, -0.2) is 41.9 Å². The number of aromatic nitrogens is 7. The van der Waals surface area contributed by atoms with E-state index in [1.54, 1.807) is 24.1 Å². The third-order valence-corrected chi connectivity index (χ3v) is 6.94. The molecule has 9 nitrogen and oxygen atoms in total. The Morgan fingerprint density at radius 3 is 2.54 bits per heavy atom. The van der Waals surface area contributed by atoms with Gasteiger partial charge >= 0.3 is 5.69 Å². The quantitative estimate of drug-likeness (QED) is 0.254. The topological polar surface area (TPSA) is 104 Å². The van der Waals surface area contributed by atoms with E-state index in [2.05, 4.69) is 69.8 Å². The second kappa shape index (κ2) is 11.9. The van der Waals surface area contributed by atoms with Gasteiger partial charge in [0.25, 0.3) is 0 Å². The number of hydrogen-bond acceptors (Lipinski definition) is 6. The smallest absolute Gasteiger partial charge is 0.333 e. The summed E-state index contributed by atoms with van der Waals surface area (Å²) in [6.07, 6.45) is 10.3. The van der Waals surface area contributed by atoms with Crippen molar-refractivity contribution in [1.82, 2.24) is 34.7 Å². The van der Waals surface area contributed by atoms with Crippen LogP contribution in [0.5, 0.6) is 5.75 Å². The first kappa shape index (κ1) is 26.1. The van der Waals surface area contributed by atoms with Crippen molar-refractivity contribution in [2.45, 2.75) is 52.5 Å². The molecule has 1 N–H and O–H groups in total. The number of aromatic amines is 1. The number of imidazole rings is 1. The molecule has 3 heterocycles. The van der Waals surface area contributed by atoms with E-state index in [4.69, 9.17) is 4.74 Å². The van der Waals surface area contributed by atoms with Crippen molar-refractivity contribution in [1.29, 1.82) is 0 Å². The lowest BCUT2D eigenvalue weighted by atomic mass is 10.00. The van der Waals surface area contributed by atoms with Gasteiger partial charge in [-0.1, -0.05) is 63.1 Å². The maximum absolute atomic E-state index is 13.9. The number of hydrogen-bond donors (Lipinski definition) is 1. The van der Waals surface area contributed by atoms with Gasteiger partial charge in [-0.05, 0) is 64.1 Å². The number of methoxy groups -OCH3 is 1. The number of aryl methyl sites for hydroxylation is 2. The van der Waals surface area contributed by atoms with Crippen LogP contribution in [0.2, 0.25) is 0 Å². The first-order chi connectivity index (χ1) is 19.1. The summed E-state index contributed by atoms with van der Waals surface area (Å²) in [5, 5.41) is 14.2. The van der Waals surface area contributed by atoms with E-state index in [0.717, 1.165) is 71.3 Å². The van der Waals surface area contributed by atoms with Crippen LogP contribution in [0.1, 0.15) is 49.9 Å². The van der Waals surface area contributed by atoms with Crippen LogP contribution in [0, 0.1) is 0 Å². The second-order valence-corrected chi connectivity index (χ2v) is 9.55. The predicted octanol–water partition coefficient (Wildman–Crippen LogP) is 5.23. The van der Waals surface area contributed by atoms with Gasteiger partial charge in [0.2, 0.25) is 0 Å². The summed E-state index contributed by atoms with van der Waals surface area (Å²) in [4.78, 5) is 18.1. The zero-order chi connectivity index (χ0) is 27.2. The van der Waals surface area contributed by atoms with Crippen LogP contribution < -0.4 is 10.4 Å². The van der Waals surface area contributed by atoms with E-state index in [1.165, 1.54) is 0 Å². The minimum Gasteiger partial charge on any atom is -0.495 e. The van der Waals surface area contributed by atoms with Crippen LogP contribution in [0.25, 0.3) is 28.2 Å². The molecule has 0 aliphatic rings. The van der Waals surface area contributed by atoms with Gasteiger partial charge in [-0.2, -0.15) is 0 Å². The van der Waals surface area contributed by atoms with E-state index in [0.29, 0.717) is 18.1 Å². The molecule has 5 aromatic rings. The fourth-order valence-electron chi connectivity index (χ4n) is 4.97. The summed E-state index contributed by atoms with van der Waals surface area (Å²) < 4.78 is 9.36. The summed E-state index contributed by atoms with van der Waals surface area (Å²) in [5.74, 6) is 1.27. The van der Waals surface area contributed by atoms with Gasteiger partial charge < -0.3 is 4.74 Å². The zero-order valence-electron chi connectivity index (χ0n) is 22.6. The van der Waals surface area contributed by atoms with Gasteiger partial charge in [0.1, 0.15) is 5.75 Å². The highest BCUT2D eigenvalue weighted by molar-refractivity contribution is 5.79. The lowest BCUT2D eigenvalue weighted by molar-refractivity contribution is 0.411. The van der Waals surface area contributed by atoms with E-state index < -0.39 is 0 Å². The molecule has 0 spiro atoms. The van der Waals surface area contributed by atoms with Crippen molar-refractivity contribution in [2.75, 3.05) is 7.11 Å². The van der Waals surface area contributed by atoms with Crippen molar-refractivity contribution < 1.29 is 4.74 Å². The molecule has 0 unspecified atom stereocenters. The molecule has 0 aliphatic carbocycles. The third kappa shape index (κ3) is 5.38. The van der Waals surface area contributed by atoms with Crippen LogP contribution in [0.15, 0.2) is 71.9 Å². The van der Waals surface area contributed by atoms with Gasteiger partial charge in [0, 0.05) is 29.8 Å². The summed E-state index contributed by atoms with van der Waals surface area (Å²) in [7, 11) is 1.66. The van der Waals surface area contributed by atoms with Crippen molar-refractivity contribution in [3.63, 3.8) is 0 Å². The largest absolute Gasteiger partial charge is 0.495 e. The second-order valence-electron chi connectivity index (χ2n) is 9.55. The number of unbranched alkanes of at least 4 members (excludes halogenated alkanes) is 1. The average Bonchev–Trinajstić information content (AvgIpc) is 3.61. The number of nitrogens with one attached hydrogen (secondary N) is 1. The average molecular weight is 524 g/mol. The first-order valence-corrected chi connectivity index (χ1v) is 13.4. The molecule has 2 aromatic carbocycles. The van der Waals surface area contributed by atoms with Crippen LogP contribution in [-0.2, 0) is 19.4 Å². The van der Waals surface area contributed by atoms with E-state index in [-0.39, 0.29) is 5.69 Å². The van der Waals surface area contributed by atoms with Crippen LogP contribution in [0.4, 0.5) is 0 Å². The molecule has 0 atom stereocenters. The maximum atomic E-state index is 13.9. The Hall–Kier alpha value is -4.53. The Labute approximate surface area is 227 Å². The highest BCUT2D eigenvalue weighted by Gasteiger charge is 2.19. The van der Waals surface area contributed by atoms with E-state index in [9.17, 15) is 4.79 Å². The number of pyridine rings is 1. The lowest BCUT2D eigenvalue weighted by Gasteiger charge is -2.13. The van der Waals surface area contributed by atoms with Gasteiger partial charge in [0.15, 0.2) is 5.82 Å². The normalized spacial score (nSPS) is 11.2. The standard InChI is InChI=1S/C30H33N7O2/c1-4-6-10-24-20-37(28-23(8-5-2)9-7-11-27(28)39-3)30(38)36(24)19-21-12-14-22(15-13-21)25-16-17-31-18-26(25)29-32-34-35-33-29/h7,9,11-18,20H,4-6,8,10,19H2,1-3H3,(H,32,33,34,35). The third-order valence-electron chi connectivity index (χ3n) is 6.94. The monoisotopic (exact) mass is 523 g/mol. The summed E-state index contributed by atoms with van der Waals surface area (Å²) in [5.41, 5.74) is 6.77. The molecular formula is C30H33N7O2. The Morgan fingerprint density at radius 2 is 1.82 bits per heavy atom. The number of para-hydroxylation sites is 1. The molecule has 5 rings (SSSR count). The Balaban J connectivity index is 1.51. The van der Waals surface area contributed by atoms with Gasteiger partial charge in [-0.25, -0.2) is 9.89 Å². The Morgan fingerprint density at radius 1 is 0.974 bits per heavy atom. The van der Waals surface area contributed by atoms with E-state index in [1.807, 2.05) is 29.0 Å². The highest BCUT2D eigenvalue weighted by Crippen LogP contribution is 2.30. The molecular weight excluding hydrogens is 490 g/mol. The molecule has 0 aliphatic heterocycles. The molecule has 39 heavy (non-hydrogen) atoms. The molecule has 0 radical (unpaired) electrons. The summed E-state index contributed by atoms with van der Waals surface area (Å²) in [6.45, 7) is 4.80. The predicted molar refractivity (Wildman–Crippen MR) is 151 cm³/mol. The number of benzene rings is 2. The fourth-order valence-corrected chi connectivity index (χ4v) is 4.97. The van der Waals surface area contributed by atoms with Gasteiger partial charge in [-0.15, -0.1) is 5.10 Å². The van der Waals surface area contributed by atoms with Gasteiger partial charge in [-0.3, -0.25) is 14.1 Å². The molecule has 3 aromatic heterocycles. The van der Waals surface area contributed by atoms with Crippen molar-refractivity contribution >= 4 is 0 Å². The fraction of sp³-hybridized carbons (Fsp3) is 0.300. The molecule has 9 heteroatoms. The summed E-state index contributed by atoms with van der Waals surface area (Å²) in [6, 6.07) is 16.2. The molecule has 200 valence electrons. The van der Waals surface area contributed by atoms with Crippen molar-refractivity contribution in [2.24, 2.45) is 0 Å². The number of rotatable bonds is 11. The summed E-state index contributed by atoms with van der Waals surface area (Å²) >= 11 is 0. The van der Waals surface area contributed by atoms with Crippen molar-refractivity contribution in [3.05, 3.63) is 94.4 Å². The van der Waals surface area contributed by atoms with E-state index >= 15 is 0 Å². The Bertz CT molecular complexity index is 1580. The zero-order valence-corrected chi connectivity index (χ0v) is 22.6. The number of tetrazole rings is 1. The highest BCUT2D eigenvalue weighted by atomic mass is 16.5. The molecule has 0 saturated heterocycles. The molecule has 0 bridgehead atoms. The number of ether oxygens (including phenoxy) is 1. The number of H-pyrrole nitrogens is 1. The Kier molecular flexibility index (Phi) is 7.96. The maximum Gasteiger partial charge on any atom is 0.333 e. The minimum absolute atomic E-state index is 0.0544. The molecule has 0 amide bonds. The molecule has 0 saturated carbocycles. The van der Waals surface area contributed by atoms with Gasteiger partial charge in [0.05, 0.1) is 19.3 Å². The lowest BCUT2D eigenvalue weighted by Crippen LogP contribution is -2.25. The van der Waals surface area contributed by atoms with Crippen LogP contribution >= 0.6 is 0 Å². The SMILES string of the molecule is CCCCc1cn(-c2c(CCC)cccc2OC)c(=O)n1Cc1ccc(-c2ccncc2-c2nnn[nH]2)cc1. The first-order valence-electron chi connectivity index (χ1n) is 13.4.